The number of rotatable bonds is 5. The maximum Gasteiger partial charge on any atom is 0.261 e. The van der Waals surface area contributed by atoms with Crippen LogP contribution in [0, 0.1) is 12.7 Å². The topological polar surface area (TPSA) is 45.7 Å². The summed E-state index contributed by atoms with van der Waals surface area (Å²) >= 11 is 13.8. The molecule has 1 saturated heterocycles. The number of hydrogen-bond acceptors (Lipinski definition) is 5. The third kappa shape index (κ3) is 5.48. The Balaban J connectivity index is 0.00000272. The zero-order valence-electron chi connectivity index (χ0n) is 16.7. The Labute approximate surface area is 200 Å². The van der Waals surface area contributed by atoms with Crippen molar-refractivity contribution in [2.75, 3.05) is 44.3 Å². The highest BCUT2D eigenvalue weighted by Gasteiger charge is 2.25. The van der Waals surface area contributed by atoms with Crippen molar-refractivity contribution in [3.8, 4) is 0 Å². The van der Waals surface area contributed by atoms with Crippen LogP contribution in [-0.4, -0.2) is 55.2 Å². The molecule has 0 saturated carbocycles. The maximum atomic E-state index is 13.5. The number of fused-ring (bicyclic) bond motifs is 1. The zero-order chi connectivity index (χ0) is 21.3. The number of benzene rings is 2. The van der Waals surface area contributed by atoms with Gasteiger partial charge in [0.25, 0.3) is 5.91 Å². The number of anilines is 1. The van der Waals surface area contributed by atoms with E-state index in [0.29, 0.717) is 36.5 Å². The van der Waals surface area contributed by atoms with Gasteiger partial charge in [0, 0.05) is 31.2 Å². The molecule has 31 heavy (non-hydrogen) atoms. The van der Waals surface area contributed by atoms with Gasteiger partial charge in [-0.2, -0.15) is 0 Å². The first-order chi connectivity index (χ1) is 14.4. The first-order valence-corrected chi connectivity index (χ1v) is 11.1. The van der Waals surface area contributed by atoms with Crippen LogP contribution in [0.2, 0.25) is 10.0 Å². The highest BCUT2D eigenvalue weighted by Crippen LogP contribution is 2.34. The van der Waals surface area contributed by atoms with E-state index in [1.165, 1.54) is 23.5 Å². The van der Waals surface area contributed by atoms with Crippen molar-refractivity contribution in [3.63, 3.8) is 0 Å². The highest BCUT2D eigenvalue weighted by atomic mass is 35.5. The minimum absolute atomic E-state index is 0. The minimum atomic E-state index is -0.485. The molecule has 3 aromatic rings. The standard InChI is InChI=1S/C21H20Cl2FN3O2S.ClH/c1-13-10-14(22)11-18-19(13)25-21(30-18)27(5-4-26-6-8-29-9-7-26)20(28)16-3-2-15(24)12-17(16)23;/h2-3,10-12H,4-9H2,1H3;1H. The number of carbonyl (C=O) groups is 1. The van der Waals surface area contributed by atoms with Crippen LogP contribution in [0.15, 0.2) is 30.3 Å². The molecule has 1 aliphatic rings. The smallest absolute Gasteiger partial charge is 0.261 e. The van der Waals surface area contributed by atoms with Crippen LogP contribution >= 0.6 is 46.9 Å². The third-order valence-electron chi connectivity index (χ3n) is 5.02. The van der Waals surface area contributed by atoms with Gasteiger partial charge < -0.3 is 4.74 Å². The molecular weight excluding hydrogens is 484 g/mol. The van der Waals surface area contributed by atoms with E-state index in [-0.39, 0.29) is 28.9 Å². The summed E-state index contributed by atoms with van der Waals surface area (Å²) < 4.78 is 19.8. The molecule has 1 aromatic heterocycles. The Morgan fingerprint density at radius 2 is 2.00 bits per heavy atom. The van der Waals surface area contributed by atoms with Crippen molar-refractivity contribution >= 4 is 68.2 Å². The van der Waals surface area contributed by atoms with Crippen molar-refractivity contribution < 1.29 is 13.9 Å². The summed E-state index contributed by atoms with van der Waals surface area (Å²) in [4.78, 5) is 22.0. The summed E-state index contributed by atoms with van der Waals surface area (Å²) in [5.41, 5.74) is 2.00. The van der Waals surface area contributed by atoms with Crippen LogP contribution in [-0.2, 0) is 4.74 Å². The third-order valence-corrected chi connectivity index (χ3v) is 6.58. The second-order valence-electron chi connectivity index (χ2n) is 7.10. The van der Waals surface area contributed by atoms with Crippen LogP contribution in [0.25, 0.3) is 10.2 Å². The van der Waals surface area contributed by atoms with E-state index < -0.39 is 5.82 Å². The number of hydrogen-bond donors (Lipinski definition) is 0. The Kier molecular flexibility index (Phi) is 8.13. The van der Waals surface area contributed by atoms with Crippen molar-refractivity contribution in [1.29, 1.82) is 0 Å². The van der Waals surface area contributed by atoms with Crippen LogP contribution < -0.4 is 4.90 Å². The van der Waals surface area contributed by atoms with Crippen LogP contribution in [0.1, 0.15) is 15.9 Å². The molecule has 2 aromatic carbocycles. The summed E-state index contributed by atoms with van der Waals surface area (Å²) in [5, 5.41) is 1.27. The lowest BCUT2D eigenvalue weighted by Gasteiger charge is -2.29. The monoisotopic (exact) mass is 503 g/mol. The van der Waals surface area contributed by atoms with Crippen molar-refractivity contribution in [2.24, 2.45) is 0 Å². The molecule has 0 atom stereocenters. The summed E-state index contributed by atoms with van der Waals surface area (Å²) in [7, 11) is 0. The number of carbonyl (C=O) groups excluding carboxylic acids is 1. The zero-order valence-corrected chi connectivity index (χ0v) is 19.9. The molecular formula is C21H21Cl3FN3O2S. The van der Waals surface area contributed by atoms with Gasteiger partial charge in [-0.1, -0.05) is 34.5 Å². The average Bonchev–Trinajstić information content (AvgIpc) is 3.13. The van der Waals surface area contributed by atoms with E-state index in [1.807, 2.05) is 19.1 Å². The molecule has 1 fully saturated rings. The average molecular weight is 505 g/mol. The first kappa shape index (κ1) is 24.2. The largest absolute Gasteiger partial charge is 0.379 e. The summed E-state index contributed by atoms with van der Waals surface area (Å²) in [6.45, 7) is 6.02. The highest BCUT2D eigenvalue weighted by molar-refractivity contribution is 7.22. The predicted octanol–water partition coefficient (Wildman–Crippen LogP) is 5.45. The van der Waals surface area contributed by atoms with E-state index in [4.69, 9.17) is 32.9 Å². The number of nitrogens with zero attached hydrogens (tertiary/aromatic N) is 3. The van der Waals surface area contributed by atoms with E-state index in [1.54, 1.807) is 4.90 Å². The minimum Gasteiger partial charge on any atom is -0.379 e. The second kappa shape index (κ2) is 10.4. The lowest BCUT2D eigenvalue weighted by atomic mass is 10.2. The molecule has 5 nitrogen and oxygen atoms in total. The molecule has 0 unspecified atom stereocenters. The van der Waals surface area contributed by atoms with E-state index in [9.17, 15) is 9.18 Å². The molecule has 0 aliphatic carbocycles. The number of ether oxygens (including phenoxy) is 1. The summed E-state index contributed by atoms with van der Waals surface area (Å²) in [6, 6.07) is 7.50. The molecule has 166 valence electrons. The number of aromatic nitrogens is 1. The molecule has 10 heteroatoms. The van der Waals surface area contributed by atoms with Gasteiger partial charge in [-0.25, -0.2) is 9.37 Å². The number of morpholine rings is 1. The van der Waals surface area contributed by atoms with E-state index >= 15 is 0 Å². The van der Waals surface area contributed by atoms with Crippen LogP contribution in [0.5, 0.6) is 0 Å². The summed E-state index contributed by atoms with van der Waals surface area (Å²) in [6.07, 6.45) is 0. The summed E-state index contributed by atoms with van der Waals surface area (Å²) in [5.74, 6) is -0.794. The second-order valence-corrected chi connectivity index (χ2v) is 8.95. The van der Waals surface area contributed by atoms with Crippen molar-refractivity contribution in [2.45, 2.75) is 6.92 Å². The fourth-order valence-electron chi connectivity index (χ4n) is 3.42. The maximum absolute atomic E-state index is 13.5. The normalized spacial score (nSPS) is 14.5. The first-order valence-electron chi connectivity index (χ1n) is 9.56. The van der Waals surface area contributed by atoms with Gasteiger partial charge in [-0.15, -0.1) is 12.4 Å². The fourth-order valence-corrected chi connectivity index (χ4v) is 5.11. The van der Waals surface area contributed by atoms with Crippen molar-refractivity contribution in [3.05, 3.63) is 57.3 Å². The lowest BCUT2D eigenvalue weighted by molar-refractivity contribution is 0.0391. The van der Waals surface area contributed by atoms with Crippen LogP contribution in [0.3, 0.4) is 0 Å². The molecule has 2 heterocycles. The van der Waals surface area contributed by atoms with Gasteiger partial charge in [-0.3, -0.25) is 14.6 Å². The van der Waals surface area contributed by atoms with Gasteiger partial charge in [0.05, 0.1) is 34.0 Å². The quantitative estimate of drug-likeness (QED) is 0.463. The molecule has 1 amide bonds. The molecule has 0 bridgehead atoms. The van der Waals surface area contributed by atoms with Gasteiger partial charge in [0.1, 0.15) is 5.82 Å². The predicted molar refractivity (Wildman–Crippen MR) is 127 cm³/mol. The van der Waals surface area contributed by atoms with Crippen LogP contribution in [0.4, 0.5) is 9.52 Å². The molecule has 0 N–H and O–H groups in total. The lowest BCUT2D eigenvalue weighted by Crippen LogP contribution is -2.43. The van der Waals surface area contributed by atoms with Crippen molar-refractivity contribution in [1.82, 2.24) is 9.88 Å². The van der Waals surface area contributed by atoms with E-state index in [0.717, 1.165) is 34.9 Å². The number of thiazole rings is 1. The van der Waals surface area contributed by atoms with Gasteiger partial charge in [0.2, 0.25) is 0 Å². The molecule has 0 spiro atoms. The van der Waals surface area contributed by atoms with Gasteiger partial charge in [0.15, 0.2) is 5.13 Å². The number of halogens is 4. The number of amides is 1. The Morgan fingerprint density at radius 1 is 1.26 bits per heavy atom. The van der Waals surface area contributed by atoms with Gasteiger partial charge >= 0.3 is 0 Å². The van der Waals surface area contributed by atoms with E-state index in [2.05, 4.69) is 4.90 Å². The number of aryl methyl sites for hydroxylation is 1. The van der Waals surface area contributed by atoms with Gasteiger partial charge in [-0.05, 0) is 42.8 Å². The SMILES string of the molecule is Cc1cc(Cl)cc2sc(N(CCN3CCOCC3)C(=O)c3ccc(F)cc3Cl)nc12.Cl. The Morgan fingerprint density at radius 3 is 2.71 bits per heavy atom. The fraction of sp³-hybridized carbons (Fsp3) is 0.333. The molecule has 4 rings (SSSR count). The molecule has 0 radical (unpaired) electrons. The molecule has 1 aliphatic heterocycles. The Bertz CT molecular complexity index is 1090. The Hall–Kier alpha value is -1.48.